The van der Waals surface area contributed by atoms with E-state index in [0.29, 0.717) is 30.5 Å². The van der Waals surface area contributed by atoms with Crippen molar-refractivity contribution < 1.29 is 19.1 Å². The zero-order chi connectivity index (χ0) is 25.3. The molecule has 0 N–H and O–H groups in total. The van der Waals surface area contributed by atoms with E-state index in [0.717, 1.165) is 51.4 Å². The van der Waals surface area contributed by atoms with Gasteiger partial charge in [-0.3, -0.25) is 9.59 Å². The molecule has 0 aromatic rings. The summed E-state index contributed by atoms with van der Waals surface area (Å²) >= 11 is 0. The fourth-order valence-electron chi connectivity index (χ4n) is 9.98. The van der Waals surface area contributed by atoms with Crippen LogP contribution in [0.1, 0.15) is 120 Å². The molecule has 4 heteroatoms. The maximum Gasteiger partial charge on any atom is 0.302 e. The third-order valence-corrected chi connectivity index (χ3v) is 12.2. The second kappa shape index (κ2) is 8.17. The Morgan fingerprint density at radius 3 is 2.12 bits per heavy atom. The number of hydrogen-bond donors (Lipinski definition) is 0. The second-order valence-corrected chi connectivity index (χ2v) is 14.2. The zero-order valence-corrected chi connectivity index (χ0v) is 23.0. The summed E-state index contributed by atoms with van der Waals surface area (Å²) in [4.78, 5) is 37.5. The van der Waals surface area contributed by atoms with Crippen molar-refractivity contribution in [2.45, 2.75) is 126 Å². The van der Waals surface area contributed by atoms with Crippen LogP contribution in [0.4, 0.5) is 0 Å². The molecule has 0 aliphatic heterocycles. The number of Topliss-reactive ketones (excluding diaryl/α,β-unsaturated/α-hetero) is 2. The Morgan fingerprint density at radius 1 is 0.824 bits per heavy atom. The summed E-state index contributed by atoms with van der Waals surface area (Å²) in [5, 5.41) is 0. The van der Waals surface area contributed by atoms with Crippen LogP contribution >= 0.6 is 0 Å². The molecule has 0 amide bonds. The van der Waals surface area contributed by atoms with E-state index in [-0.39, 0.29) is 50.8 Å². The number of carbonyl (C=O) groups is 3. The highest BCUT2D eigenvalue weighted by molar-refractivity contribution is 5.89. The molecular formula is C30H48O4. The van der Waals surface area contributed by atoms with Crippen molar-refractivity contribution >= 4 is 17.5 Å². The van der Waals surface area contributed by atoms with Crippen LogP contribution in [-0.4, -0.2) is 23.6 Å². The third kappa shape index (κ3) is 3.55. The van der Waals surface area contributed by atoms with Crippen LogP contribution in [0.25, 0.3) is 0 Å². The number of rotatable bonds is 4. The number of esters is 1. The van der Waals surface area contributed by atoms with E-state index in [9.17, 15) is 14.4 Å². The molecule has 0 aromatic heterocycles. The topological polar surface area (TPSA) is 60.4 Å². The summed E-state index contributed by atoms with van der Waals surface area (Å²) in [7, 11) is 0. The SMILES string of the molecule is CC(=O)CC[C@]1(C)CC[C@]2(C)[C@H](CC[C@@H]3[C@@]4(C)CC[C@H](OC(C)=O)C(C)(C)C4CC[C@]32C)C1=O. The summed E-state index contributed by atoms with van der Waals surface area (Å²) < 4.78 is 5.84. The van der Waals surface area contributed by atoms with E-state index in [1.54, 1.807) is 6.92 Å². The van der Waals surface area contributed by atoms with Gasteiger partial charge in [-0.25, -0.2) is 0 Å². The molecule has 4 nitrogen and oxygen atoms in total. The van der Waals surface area contributed by atoms with Gasteiger partial charge < -0.3 is 9.53 Å². The van der Waals surface area contributed by atoms with E-state index in [4.69, 9.17) is 4.74 Å². The van der Waals surface area contributed by atoms with Crippen molar-refractivity contribution in [3.8, 4) is 0 Å². The third-order valence-electron chi connectivity index (χ3n) is 12.2. The Bertz CT molecular complexity index is 875. The smallest absolute Gasteiger partial charge is 0.302 e. The molecule has 0 heterocycles. The maximum atomic E-state index is 14.0. The van der Waals surface area contributed by atoms with E-state index in [1.807, 2.05) is 0 Å². The molecule has 0 bridgehead atoms. The highest BCUT2D eigenvalue weighted by Gasteiger charge is 2.69. The predicted molar refractivity (Wildman–Crippen MR) is 134 cm³/mol. The first-order chi connectivity index (χ1) is 15.6. The van der Waals surface area contributed by atoms with Gasteiger partial charge in [-0.2, -0.15) is 0 Å². The molecule has 8 atom stereocenters. The highest BCUT2D eigenvalue weighted by atomic mass is 16.5. The van der Waals surface area contributed by atoms with Crippen LogP contribution in [0.15, 0.2) is 0 Å². The number of carbonyl (C=O) groups excluding carboxylic acids is 3. The minimum atomic E-state index is -0.343. The van der Waals surface area contributed by atoms with Gasteiger partial charge in [-0.15, -0.1) is 0 Å². The molecule has 4 aliphatic carbocycles. The van der Waals surface area contributed by atoms with Crippen molar-refractivity contribution in [2.75, 3.05) is 0 Å². The molecule has 0 saturated heterocycles. The molecule has 1 unspecified atom stereocenters. The monoisotopic (exact) mass is 472 g/mol. The van der Waals surface area contributed by atoms with Crippen LogP contribution in [0.3, 0.4) is 0 Å². The van der Waals surface area contributed by atoms with E-state index < -0.39 is 0 Å². The first-order valence-corrected chi connectivity index (χ1v) is 13.8. The van der Waals surface area contributed by atoms with Gasteiger partial charge in [0, 0.05) is 30.1 Å². The summed E-state index contributed by atoms with van der Waals surface area (Å²) in [6, 6.07) is 0. The minimum absolute atomic E-state index is 0.00222. The average Bonchev–Trinajstić information content (AvgIpc) is 2.73. The van der Waals surface area contributed by atoms with E-state index in [2.05, 4.69) is 41.5 Å². The molecule has 192 valence electrons. The lowest BCUT2D eigenvalue weighted by Gasteiger charge is -2.71. The van der Waals surface area contributed by atoms with Gasteiger partial charge in [0.25, 0.3) is 0 Å². The first kappa shape index (κ1) is 25.9. The van der Waals surface area contributed by atoms with Crippen molar-refractivity contribution in [3.05, 3.63) is 0 Å². The Labute approximate surface area is 207 Å². The van der Waals surface area contributed by atoms with Crippen LogP contribution in [0.2, 0.25) is 0 Å². The fraction of sp³-hybridized carbons (Fsp3) is 0.900. The van der Waals surface area contributed by atoms with Gasteiger partial charge in [0.1, 0.15) is 17.7 Å². The van der Waals surface area contributed by atoms with Gasteiger partial charge in [0.15, 0.2) is 0 Å². The maximum absolute atomic E-state index is 14.0. The molecular weight excluding hydrogens is 424 g/mol. The molecule has 0 aromatic carbocycles. The quantitative estimate of drug-likeness (QED) is 0.416. The fourth-order valence-corrected chi connectivity index (χ4v) is 9.98. The molecule has 0 spiro atoms. The number of fused-ring (bicyclic) bond motifs is 5. The van der Waals surface area contributed by atoms with Crippen LogP contribution in [0, 0.1) is 44.8 Å². The van der Waals surface area contributed by atoms with Crippen molar-refractivity contribution in [1.82, 2.24) is 0 Å². The van der Waals surface area contributed by atoms with Gasteiger partial charge in [0.2, 0.25) is 0 Å². The van der Waals surface area contributed by atoms with Crippen molar-refractivity contribution in [2.24, 2.45) is 44.8 Å². The molecule has 34 heavy (non-hydrogen) atoms. The molecule has 0 radical (unpaired) electrons. The second-order valence-electron chi connectivity index (χ2n) is 14.2. The summed E-state index contributed by atoms with van der Waals surface area (Å²) in [5.74, 6) is 1.70. The number of hydrogen-bond acceptors (Lipinski definition) is 4. The number of ketones is 2. The van der Waals surface area contributed by atoms with Crippen LogP contribution < -0.4 is 0 Å². The molecule has 4 fully saturated rings. The van der Waals surface area contributed by atoms with E-state index in [1.165, 1.54) is 6.92 Å². The molecule has 4 rings (SSSR count). The predicted octanol–water partition coefficient (Wildman–Crippen LogP) is 6.93. The molecule has 4 saturated carbocycles. The minimum Gasteiger partial charge on any atom is -0.462 e. The summed E-state index contributed by atoms with van der Waals surface area (Å²) in [5.41, 5.74) is -0.00808. The lowest BCUT2D eigenvalue weighted by Crippen LogP contribution is -2.66. The Morgan fingerprint density at radius 2 is 1.50 bits per heavy atom. The summed E-state index contributed by atoms with van der Waals surface area (Å²) in [6.07, 6.45) is 9.66. The average molecular weight is 473 g/mol. The molecule has 4 aliphatic rings. The van der Waals surface area contributed by atoms with Crippen molar-refractivity contribution in [3.63, 3.8) is 0 Å². The zero-order valence-electron chi connectivity index (χ0n) is 23.0. The van der Waals surface area contributed by atoms with Gasteiger partial charge in [-0.05, 0) is 92.8 Å². The largest absolute Gasteiger partial charge is 0.462 e. The highest BCUT2D eigenvalue weighted by Crippen LogP contribution is 2.74. The standard InChI is InChI=1S/C30H48O4/c1-19(31)11-14-27(5)17-18-29(7)21(25(27)33)9-10-23-28(6)15-13-24(34-20(2)32)26(3,4)22(28)12-16-30(23,29)8/h21-24H,9-18H2,1-8H3/t21-,22?,23-,24+,27-,28+,29-,30-/m1/s1. The Hall–Kier alpha value is -1.19. The normalized spacial score (nSPS) is 47.7. The van der Waals surface area contributed by atoms with Crippen molar-refractivity contribution in [1.29, 1.82) is 0 Å². The first-order valence-electron chi connectivity index (χ1n) is 13.8. The Balaban J connectivity index is 1.64. The van der Waals surface area contributed by atoms with Gasteiger partial charge >= 0.3 is 5.97 Å². The van der Waals surface area contributed by atoms with Crippen LogP contribution in [-0.2, 0) is 19.1 Å². The van der Waals surface area contributed by atoms with Gasteiger partial charge in [0.05, 0.1) is 0 Å². The Kier molecular flexibility index (Phi) is 6.22. The van der Waals surface area contributed by atoms with E-state index >= 15 is 0 Å². The lowest BCUT2D eigenvalue weighted by atomic mass is 9.33. The summed E-state index contributed by atoms with van der Waals surface area (Å²) in [6.45, 7) is 17.4. The van der Waals surface area contributed by atoms with Crippen LogP contribution in [0.5, 0.6) is 0 Å². The lowest BCUT2D eigenvalue weighted by molar-refractivity contribution is -0.235. The van der Waals surface area contributed by atoms with Gasteiger partial charge in [-0.1, -0.05) is 41.5 Å². The number of ether oxygens (including phenoxy) is 1.